The summed E-state index contributed by atoms with van der Waals surface area (Å²) >= 11 is 7.28. The number of carbonyl (C=O) groups is 1. The van der Waals surface area contributed by atoms with E-state index in [-0.39, 0.29) is 12.3 Å². The van der Waals surface area contributed by atoms with E-state index in [4.69, 9.17) is 16.3 Å². The molecule has 4 aromatic rings. The van der Waals surface area contributed by atoms with Crippen LogP contribution in [0.3, 0.4) is 0 Å². The van der Waals surface area contributed by atoms with Crippen LogP contribution in [0.4, 0.5) is 0 Å². The van der Waals surface area contributed by atoms with Gasteiger partial charge in [-0.3, -0.25) is 0 Å². The third kappa shape index (κ3) is 3.82. The number of hydrogen-bond acceptors (Lipinski definition) is 6. The highest BCUT2D eigenvalue weighted by atomic mass is 35.5. The van der Waals surface area contributed by atoms with Crippen molar-refractivity contribution in [3.8, 4) is 10.6 Å². The molecule has 7 heteroatoms. The molecule has 2 aromatic heterocycles. The average Bonchev–Trinajstić information content (AvgIpc) is 3.17. The number of aryl methyl sites for hydroxylation is 1. The summed E-state index contributed by atoms with van der Waals surface area (Å²) in [5.41, 5.74) is 4.14. The maximum absolute atomic E-state index is 12.3. The minimum absolute atomic E-state index is 0.0519. The summed E-state index contributed by atoms with van der Waals surface area (Å²) in [7, 11) is 0. The van der Waals surface area contributed by atoms with Crippen LogP contribution in [0.15, 0.2) is 53.9 Å². The Balaban J connectivity index is 1.48. The fraction of sp³-hybridized carbons (Fsp3) is 0.100. The van der Waals surface area contributed by atoms with Gasteiger partial charge in [-0.2, -0.15) is 0 Å². The van der Waals surface area contributed by atoms with Crippen LogP contribution in [-0.2, 0) is 11.3 Å². The molecule has 0 unspecified atom stereocenters. The number of ether oxygens (including phenoxy) is 1. The Morgan fingerprint density at radius 1 is 1.04 bits per heavy atom. The third-order valence-corrected chi connectivity index (χ3v) is 5.13. The lowest BCUT2D eigenvalue weighted by molar-refractivity contribution is 0.0461. The Hall–Kier alpha value is -2.83. The lowest BCUT2D eigenvalue weighted by Gasteiger charge is -2.07. The molecule has 2 heterocycles. The second-order valence-electron chi connectivity index (χ2n) is 5.87. The largest absolute Gasteiger partial charge is 0.454 e. The van der Waals surface area contributed by atoms with Gasteiger partial charge in [-0.1, -0.05) is 35.9 Å². The number of nitrogens with zero attached hydrogens (tertiary/aromatic N) is 3. The van der Waals surface area contributed by atoms with Crippen molar-refractivity contribution >= 4 is 39.9 Å². The predicted octanol–water partition coefficient (Wildman–Crippen LogP) is 5.07. The van der Waals surface area contributed by atoms with Gasteiger partial charge in [-0.05, 0) is 31.2 Å². The molecule has 0 N–H and O–H groups in total. The molecule has 2 aromatic carbocycles. The number of aromatic nitrogens is 3. The summed E-state index contributed by atoms with van der Waals surface area (Å²) in [6.45, 7) is 1.90. The average molecular weight is 396 g/mol. The summed E-state index contributed by atoms with van der Waals surface area (Å²) in [4.78, 5) is 25.7. The number of esters is 1. The van der Waals surface area contributed by atoms with Crippen LogP contribution in [0.2, 0.25) is 5.02 Å². The van der Waals surface area contributed by atoms with E-state index in [2.05, 4.69) is 15.0 Å². The fourth-order valence-corrected chi connectivity index (χ4v) is 3.48. The van der Waals surface area contributed by atoms with Crippen molar-refractivity contribution in [3.05, 3.63) is 76.0 Å². The maximum atomic E-state index is 12.3. The zero-order valence-corrected chi connectivity index (χ0v) is 15.9. The minimum Gasteiger partial charge on any atom is -0.454 e. The van der Waals surface area contributed by atoms with E-state index in [1.165, 1.54) is 11.3 Å². The van der Waals surface area contributed by atoms with Gasteiger partial charge >= 0.3 is 5.97 Å². The summed E-state index contributed by atoms with van der Waals surface area (Å²) < 4.78 is 5.39. The van der Waals surface area contributed by atoms with Gasteiger partial charge in [0.25, 0.3) is 0 Å². The number of carbonyl (C=O) groups excluding carboxylic acids is 1. The summed E-state index contributed by atoms with van der Waals surface area (Å²) in [5.74, 6) is -0.485. The molecule has 0 saturated carbocycles. The van der Waals surface area contributed by atoms with Crippen molar-refractivity contribution in [2.24, 2.45) is 0 Å². The fourth-order valence-electron chi connectivity index (χ4n) is 2.56. The second-order valence-corrected chi connectivity index (χ2v) is 7.16. The van der Waals surface area contributed by atoms with E-state index in [1.54, 1.807) is 17.5 Å². The molecular weight excluding hydrogens is 382 g/mol. The molecule has 134 valence electrons. The first-order chi connectivity index (χ1) is 13.1. The molecule has 27 heavy (non-hydrogen) atoms. The first-order valence-electron chi connectivity index (χ1n) is 8.21. The molecular formula is C20H14ClN3O2S. The van der Waals surface area contributed by atoms with Crippen molar-refractivity contribution in [2.75, 3.05) is 0 Å². The standard InChI is InChI=1S/C20H14ClN3O2S/c1-12-17(23-16-5-3-2-4-15(16)22-12)10-26-20(25)18-11-27-19(24-18)13-6-8-14(21)9-7-13/h2-9,11H,10H2,1H3. The maximum Gasteiger partial charge on any atom is 0.358 e. The molecule has 0 amide bonds. The van der Waals surface area contributed by atoms with Crippen LogP contribution >= 0.6 is 22.9 Å². The highest BCUT2D eigenvalue weighted by Gasteiger charge is 2.15. The smallest absolute Gasteiger partial charge is 0.358 e. The number of benzene rings is 2. The molecule has 0 aliphatic heterocycles. The number of hydrogen-bond donors (Lipinski definition) is 0. The van der Waals surface area contributed by atoms with Gasteiger partial charge in [-0.25, -0.2) is 19.7 Å². The van der Waals surface area contributed by atoms with E-state index in [9.17, 15) is 4.79 Å². The quantitative estimate of drug-likeness (QED) is 0.451. The second kappa shape index (κ2) is 7.42. The van der Waals surface area contributed by atoms with Crippen LogP contribution in [-0.4, -0.2) is 20.9 Å². The molecule has 0 radical (unpaired) electrons. The van der Waals surface area contributed by atoms with Gasteiger partial charge in [0, 0.05) is 16.0 Å². The Morgan fingerprint density at radius 2 is 1.74 bits per heavy atom. The van der Waals surface area contributed by atoms with Gasteiger partial charge in [0.05, 0.1) is 22.4 Å². The molecule has 0 spiro atoms. The van der Waals surface area contributed by atoms with Crippen LogP contribution in [0, 0.1) is 6.92 Å². The molecule has 0 bridgehead atoms. The Kier molecular flexibility index (Phi) is 4.83. The first kappa shape index (κ1) is 17.6. The van der Waals surface area contributed by atoms with Gasteiger partial charge in [0.15, 0.2) is 5.69 Å². The van der Waals surface area contributed by atoms with Gasteiger partial charge in [0.1, 0.15) is 11.6 Å². The van der Waals surface area contributed by atoms with Crippen molar-refractivity contribution < 1.29 is 9.53 Å². The number of thiazole rings is 1. The molecule has 5 nitrogen and oxygen atoms in total. The minimum atomic E-state index is -0.485. The molecule has 0 aliphatic rings. The normalized spacial score (nSPS) is 10.9. The molecule has 0 saturated heterocycles. The van der Waals surface area contributed by atoms with Crippen molar-refractivity contribution in [1.82, 2.24) is 15.0 Å². The van der Waals surface area contributed by atoms with Crippen LogP contribution < -0.4 is 0 Å². The molecule has 0 aliphatic carbocycles. The molecule has 0 fully saturated rings. The summed E-state index contributed by atoms with van der Waals surface area (Å²) in [5, 5.41) is 3.08. The van der Waals surface area contributed by atoms with Crippen LogP contribution in [0.1, 0.15) is 21.9 Å². The van der Waals surface area contributed by atoms with Crippen molar-refractivity contribution in [1.29, 1.82) is 0 Å². The lowest BCUT2D eigenvalue weighted by Crippen LogP contribution is -2.08. The number of para-hydroxylation sites is 2. The van der Waals surface area contributed by atoms with Crippen molar-refractivity contribution in [3.63, 3.8) is 0 Å². The third-order valence-electron chi connectivity index (χ3n) is 3.99. The zero-order chi connectivity index (χ0) is 18.8. The number of fused-ring (bicyclic) bond motifs is 1. The molecule has 0 atom stereocenters. The Labute approximate surface area is 164 Å². The Bertz CT molecular complexity index is 1130. The van der Waals surface area contributed by atoms with Gasteiger partial charge < -0.3 is 4.74 Å². The van der Waals surface area contributed by atoms with Gasteiger partial charge in [0.2, 0.25) is 0 Å². The topological polar surface area (TPSA) is 65.0 Å². The summed E-state index contributed by atoms with van der Waals surface area (Å²) in [6, 6.07) is 14.9. The van der Waals surface area contributed by atoms with Gasteiger partial charge in [-0.15, -0.1) is 11.3 Å². The zero-order valence-electron chi connectivity index (χ0n) is 14.3. The van der Waals surface area contributed by atoms with Crippen LogP contribution in [0.25, 0.3) is 21.6 Å². The first-order valence-corrected chi connectivity index (χ1v) is 9.47. The van der Waals surface area contributed by atoms with E-state index < -0.39 is 5.97 Å². The van der Waals surface area contributed by atoms with E-state index in [1.807, 2.05) is 43.3 Å². The molecule has 4 rings (SSSR count). The highest BCUT2D eigenvalue weighted by Crippen LogP contribution is 2.25. The van der Waals surface area contributed by atoms with E-state index in [0.717, 1.165) is 27.3 Å². The number of rotatable bonds is 4. The van der Waals surface area contributed by atoms with E-state index in [0.29, 0.717) is 10.7 Å². The SMILES string of the molecule is Cc1nc2ccccc2nc1COC(=O)c1csc(-c2ccc(Cl)cc2)n1. The highest BCUT2D eigenvalue weighted by molar-refractivity contribution is 7.13. The van der Waals surface area contributed by atoms with E-state index >= 15 is 0 Å². The lowest BCUT2D eigenvalue weighted by atomic mass is 10.2. The predicted molar refractivity (Wildman–Crippen MR) is 106 cm³/mol. The van der Waals surface area contributed by atoms with Crippen LogP contribution in [0.5, 0.6) is 0 Å². The summed E-state index contributed by atoms with van der Waals surface area (Å²) in [6.07, 6.45) is 0. The Morgan fingerprint density at radius 3 is 2.48 bits per heavy atom. The number of halogens is 1. The monoisotopic (exact) mass is 395 g/mol. The van der Waals surface area contributed by atoms with Crippen molar-refractivity contribution in [2.45, 2.75) is 13.5 Å².